The van der Waals surface area contributed by atoms with Gasteiger partial charge in [-0.3, -0.25) is 0 Å². The summed E-state index contributed by atoms with van der Waals surface area (Å²) in [4.78, 5) is 8.50. The fraction of sp³-hybridized carbons (Fsp3) is 0.286. The molecule has 0 aliphatic carbocycles. The minimum absolute atomic E-state index is 0.659. The largest absolute Gasteiger partial charge is 0.366 e. The molecule has 0 aliphatic heterocycles. The highest BCUT2D eigenvalue weighted by Gasteiger charge is 1.98. The maximum absolute atomic E-state index is 4.37. The summed E-state index contributed by atoms with van der Waals surface area (Å²) in [6.45, 7) is 5.71. The Bertz CT molecular complexity index is 511. The molecule has 1 aromatic carbocycles. The first-order chi connectivity index (χ1) is 8.78. The number of aromatic nitrogens is 2. The van der Waals surface area contributed by atoms with Crippen LogP contribution in [-0.2, 0) is 6.54 Å². The molecule has 2 N–H and O–H groups in total. The van der Waals surface area contributed by atoms with Gasteiger partial charge in [0.15, 0.2) is 0 Å². The van der Waals surface area contributed by atoms with Crippen molar-refractivity contribution >= 4 is 11.8 Å². The highest BCUT2D eigenvalue weighted by Crippen LogP contribution is 2.09. The second-order valence-corrected chi connectivity index (χ2v) is 4.14. The minimum Gasteiger partial charge on any atom is -0.366 e. The van der Waals surface area contributed by atoms with Gasteiger partial charge in [-0.15, -0.1) is 0 Å². The fourth-order valence-electron chi connectivity index (χ4n) is 1.72. The van der Waals surface area contributed by atoms with E-state index in [4.69, 9.17) is 0 Å². The molecular formula is C14H18N4. The third kappa shape index (κ3) is 3.45. The van der Waals surface area contributed by atoms with Crippen LogP contribution in [-0.4, -0.2) is 16.5 Å². The van der Waals surface area contributed by atoms with E-state index in [1.54, 1.807) is 6.20 Å². The van der Waals surface area contributed by atoms with E-state index in [1.165, 1.54) is 11.1 Å². The highest BCUT2D eigenvalue weighted by atomic mass is 15.1. The predicted molar refractivity (Wildman–Crippen MR) is 74.7 cm³/mol. The van der Waals surface area contributed by atoms with Crippen LogP contribution in [0, 0.1) is 6.92 Å². The van der Waals surface area contributed by atoms with Crippen molar-refractivity contribution in [1.82, 2.24) is 9.97 Å². The minimum atomic E-state index is 0.659. The second-order valence-electron chi connectivity index (χ2n) is 4.14. The summed E-state index contributed by atoms with van der Waals surface area (Å²) in [7, 11) is 0. The van der Waals surface area contributed by atoms with Crippen molar-refractivity contribution in [3.8, 4) is 0 Å². The van der Waals surface area contributed by atoms with Crippen molar-refractivity contribution in [1.29, 1.82) is 0 Å². The third-order valence-corrected chi connectivity index (χ3v) is 2.55. The van der Waals surface area contributed by atoms with Crippen LogP contribution in [0.25, 0.3) is 0 Å². The molecule has 0 aliphatic rings. The summed E-state index contributed by atoms with van der Waals surface area (Å²) in [5.41, 5.74) is 2.52. The van der Waals surface area contributed by atoms with E-state index in [1.807, 2.05) is 13.0 Å². The lowest BCUT2D eigenvalue weighted by molar-refractivity contribution is 1.05. The molecule has 4 heteroatoms. The van der Waals surface area contributed by atoms with E-state index in [0.29, 0.717) is 5.95 Å². The Balaban J connectivity index is 1.99. The van der Waals surface area contributed by atoms with Gasteiger partial charge in [-0.25, -0.2) is 4.98 Å². The fourth-order valence-corrected chi connectivity index (χ4v) is 1.72. The summed E-state index contributed by atoms with van der Waals surface area (Å²) in [6.07, 6.45) is 1.75. The lowest BCUT2D eigenvalue weighted by Gasteiger charge is -2.08. The lowest BCUT2D eigenvalue weighted by atomic mass is 10.1. The van der Waals surface area contributed by atoms with E-state index < -0.39 is 0 Å². The van der Waals surface area contributed by atoms with Crippen LogP contribution in [0.1, 0.15) is 18.1 Å². The number of nitrogens with zero attached hydrogens (tertiary/aromatic N) is 2. The zero-order valence-corrected chi connectivity index (χ0v) is 10.8. The van der Waals surface area contributed by atoms with Gasteiger partial charge in [0.1, 0.15) is 5.82 Å². The van der Waals surface area contributed by atoms with Crippen molar-refractivity contribution in [3.63, 3.8) is 0 Å². The van der Waals surface area contributed by atoms with Gasteiger partial charge in [-0.1, -0.05) is 29.8 Å². The van der Waals surface area contributed by atoms with E-state index in [2.05, 4.69) is 51.8 Å². The maximum Gasteiger partial charge on any atom is 0.224 e. The molecule has 0 unspecified atom stereocenters. The van der Waals surface area contributed by atoms with Gasteiger partial charge >= 0.3 is 0 Å². The van der Waals surface area contributed by atoms with Crippen LogP contribution < -0.4 is 10.6 Å². The number of hydrogen-bond acceptors (Lipinski definition) is 4. The molecule has 18 heavy (non-hydrogen) atoms. The Kier molecular flexibility index (Phi) is 4.12. The lowest BCUT2D eigenvalue weighted by Crippen LogP contribution is -2.06. The van der Waals surface area contributed by atoms with Crippen LogP contribution in [0.2, 0.25) is 0 Å². The van der Waals surface area contributed by atoms with Crippen LogP contribution in [0.5, 0.6) is 0 Å². The Hall–Kier alpha value is -2.10. The molecule has 0 bridgehead atoms. The molecule has 0 radical (unpaired) electrons. The van der Waals surface area contributed by atoms with Gasteiger partial charge < -0.3 is 10.6 Å². The number of hydrogen-bond donors (Lipinski definition) is 2. The molecular weight excluding hydrogens is 224 g/mol. The van der Waals surface area contributed by atoms with Gasteiger partial charge in [0.05, 0.1) is 0 Å². The summed E-state index contributed by atoms with van der Waals surface area (Å²) in [6, 6.07) is 10.3. The van der Waals surface area contributed by atoms with E-state index in [9.17, 15) is 0 Å². The number of anilines is 2. The number of nitrogens with one attached hydrogen (secondary N) is 2. The molecule has 2 rings (SSSR count). The zero-order valence-electron chi connectivity index (χ0n) is 10.8. The van der Waals surface area contributed by atoms with E-state index in [-0.39, 0.29) is 0 Å². The van der Waals surface area contributed by atoms with Gasteiger partial charge in [0.25, 0.3) is 0 Å². The SMILES string of the molecule is CCNc1nccc(NCc2cccc(C)c2)n1. The molecule has 1 heterocycles. The average molecular weight is 242 g/mol. The number of aryl methyl sites for hydroxylation is 1. The highest BCUT2D eigenvalue weighted by molar-refractivity contribution is 5.40. The predicted octanol–water partition coefficient (Wildman–Crippen LogP) is 2.83. The number of rotatable bonds is 5. The summed E-state index contributed by atoms with van der Waals surface area (Å²) in [5, 5.41) is 6.39. The van der Waals surface area contributed by atoms with Crippen LogP contribution in [0.4, 0.5) is 11.8 Å². The topological polar surface area (TPSA) is 49.8 Å². The molecule has 1 aromatic heterocycles. The van der Waals surface area contributed by atoms with Crippen molar-refractivity contribution in [2.75, 3.05) is 17.2 Å². The van der Waals surface area contributed by atoms with E-state index in [0.717, 1.165) is 18.9 Å². The monoisotopic (exact) mass is 242 g/mol. The van der Waals surface area contributed by atoms with Gasteiger partial charge in [-0.05, 0) is 25.5 Å². The zero-order chi connectivity index (χ0) is 12.8. The smallest absolute Gasteiger partial charge is 0.224 e. The first-order valence-corrected chi connectivity index (χ1v) is 6.14. The van der Waals surface area contributed by atoms with Crippen molar-refractivity contribution in [2.45, 2.75) is 20.4 Å². The second kappa shape index (κ2) is 6.00. The molecule has 0 spiro atoms. The standard InChI is InChI=1S/C14H18N4/c1-3-15-14-16-8-7-13(18-14)17-10-12-6-4-5-11(2)9-12/h4-9H,3,10H2,1-2H3,(H2,15,16,17,18). The van der Waals surface area contributed by atoms with Crippen LogP contribution in [0.15, 0.2) is 36.5 Å². The molecule has 2 aromatic rings. The third-order valence-electron chi connectivity index (χ3n) is 2.55. The van der Waals surface area contributed by atoms with Gasteiger partial charge in [0.2, 0.25) is 5.95 Å². The maximum atomic E-state index is 4.37. The molecule has 0 fully saturated rings. The molecule has 0 saturated carbocycles. The summed E-state index contributed by atoms with van der Waals surface area (Å²) in [5.74, 6) is 1.49. The molecule has 0 saturated heterocycles. The molecule has 0 amide bonds. The van der Waals surface area contributed by atoms with Crippen molar-refractivity contribution < 1.29 is 0 Å². The Labute approximate surface area is 107 Å². The normalized spacial score (nSPS) is 10.1. The Morgan fingerprint density at radius 1 is 1.17 bits per heavy atom. The first kappa shape index (κ1) is 12.4. The summed E-state index contributed by atoms with van der Waals surface area (Å²) >= 11 is 0. The quantitative estimate of drug-likeness (QED) is 0.846. The van der Waals surface area contributed by atoms with Crippen LogP contribution >= 0.6 is 0 Å². The van der Waals surface area contributed by atoms with Crippen molar-refractivity contribution in [3.05, 3.63) is 47.7 Å². The van der Waals surface area contributed by atoms with Gasteiger partial charge in [0, 0.05) is 19.3 Å². The Morgan fingerprint density at radius 3 is 2.83 bits per heavy atom. The molecule has 0 atom stereocenters. The average Bonchev–Trinajstić information content (AvgIpc) is 2.37. The Morgan fingerprint density at radius 2 is 2.06 bits per heavy atom. The van der Waals surface area contributed by atoms with E-state index >= 15 is 0 Å². The number of benzene rings is 1. The van der Waals surface area contributed by atoms with Gasteiger partial charge in [-0.2, -0.15) is 4.98 Å². The summed E-state index contributed by atoms with van der Waals surface area (Å²) < 4.78 is 0. The molecule has 4 nitrogen and oxygen atoms in total. The van der Waals surface area contributed by atoms with Crippen LogP contribution in [0.3, 0.4) is 0 Å². The first-order valence-electron chi connectivity index (χ1n) is 6.14. The molecule has 94 valence electrons. The van der Waals surface area contributed by atoms with Crippen molar-refractivity contribution in [2.24, 2.45) is 0 Å².